The zero-order valence-electron chi connectivity index (χ0n) is 9.47. The highest BCUT2D eigenvalue weighted by Crippen LogP contribution is 2.28. The normalized spacial score (nSPS) is 22.6. The Morgan fingerprint density at radius 3 is 2.93 bits per heavy atom. The van der Waals surface area contributed by atoms with Crippen molar-refractivity contribution in [3.8, 4) is 0 Å². The van der Waals surface area contributed by atoms with E-state index in [2.05, 4.69) is 20.4 Å². The van der Waals surface area contributed by atoms with Gasteiger partial charge in [0.25, 0.3) is 0 Å². The number of aliphatic hydroxyl groups excluding tert-OH is 1. The summed E-state index contributed by atoms with van der Waals surface area (Å²) in [6, 6.07) is 0. The van der Waals surface area contributed by atoms with Gasteiger partial charge in [-0.3, -0.25) is 0 Å². The Bertz CT molecular complexity index is 238. The molecule has 1 heteroatoms. The van der Waals surface area contributed by atoms with Crippen LogP contribution in [-0.4, -0.2) is 11.2 Å². The van der Waals surface area contributed by atoms with Crippen LogP contribution in [0.5, 0.6) is 0 Å². The molecule has 80 valence electrons. The smallest absolute Gasteiger partial charge is 0.0750 e. The summed E-state index contributed by atoms with van der Waals surface area (Å²) in [4.78, 5) is 0. The van der Waals surface area contributed by atoms with Crippen molar-refractivity contribution in [2.24, 2.45) is 0 Å². The Kier molecular flexibility index (Phi) is 4.40. The molecule has 1 atom stereocenters. The van der Waals surface area contributed by atoms with E-state index in [1.54, 1.807) is 0 Å². The maximum Gasteiger partial charge on any atom is 0.0750 e. The molecule has 0 aromatic heterocycles. The predicted molar refractivity (Wildman–Crippen MR) is 61.2 cm³/mol. The number of rotatable bonds is 4. The van der Waals surface area contributed by atoms with Gasteiger partial charge in [-0.2, -0.15) is 0 Å². The molecule has 1 rings (SSSR count). The van der Waals surface area contributed by atoms with Crippen molar-refractivity contribution < 1.29 is 5.11 Å². The Labute approximate surface area is 87.5 Å². The van der Waals surface area contributed by atoms with Crippen molar-refractivity contribution in [1.82, 2.24) is 0 Å². The molecule has 0 saturated carbocycles. The SMILES string of the molecule is C=C(C)CCCC1=C(C)C(O)CCC1. The largest absolute Gasteiger partial charge is 0.389 e. The second-order valence-electron chi connectivity index (χ2n) is 4.51. The first-order valence-corrected chi connectivity index (χ1v) is 5.62. The monoisotopic (exact) mass is 194 g/mol. The lowest BCUT2D eigenvalue weighted by atomic mass is 9.87. The van der Waals surface area contributed by atoms with Gasteiger partial charge in [0.1, 0.15) is 0 Å². The lowest BCUT2D eigenvalue weighted by Crippen LogP contribution is -2.15. The van der Waals surface area contributed by atoms with Gasteiger partial charge >= 0.3 is 0 Å². The third kappa shape index (κ3) is 3.30. The first kappa shape index (κ1) is 11.5. The van der Waals surface area contributed by atoms with Crippen LogP contribution in [0.1, 0.15) is 52.4 Å². The van der Waals surface area contributed by atoms with Crippen molar-refractivity contribution in [1.29, 1.82) is 0 Å². The van der Waals surface area contributed by atoms with E-state index in [9.17, 15) is 5.11 Å². The van der Waals surface area contributed by atoms with Gasteiger partial charge in [0.15, 0.2) is 0 Å². The minimum atomic E-state index is -0.163. The maximum absolute atomic E-state index is 9.68. The van der Waals surface area contributed by atoms with Gasteiger partial charge in [0, 0.05) is 0 Å². The molecule has 1 N–H and O–H groups in total. The van der Waals surface area contributed by atoms with Crippen LogP contribution >= 0.6 is 0 Å². The Morgan fingerprint density at radius 2 is 2.29 bits per heavy atom. The zero-order chi connectivity index (χ0) is 10.6. The standard InChI is InChI=1S/C13H22O/c1-10(2)6-4-7-12-8-5-9-13(14)11(12)3/h13-14H,1,4-9H2,2-3H3. The van der Waals surface area contributed by atoms with E-state index in [4.69, 9.17) is 0 Å². The fourth-order valence-electron chi connectivity index (χ4n) is 2.08. The second kappa shape index (κ2) is 5.35. The van der Waals surface area contributed by atoms with Crippen LogP contribution in [0.4, 0.5) is 0 Å². The highest BCUT2D eigenvalue weighted by molar-refractivity contribution is 5.19. The minimum Gasteiger partial charge on any atom is -0.389 e. The molecular formula is C13H22O. The first-order chi connectivity index (χ1) is 6.61. The summed E-state index contributed by atoms with van der Waals surface area (Å²) in [5.74, 6) is 0. The van der Waals surface area contributed by atoms with E-state index in [-0.39, 0.29) is 6.10 Å². The summed E-state index contributed by atoms with van der Waals surface area (Å²) < 4.78 is 0. The maximum atomic E-state index is 9.68. The summed E-state index contributed by atoms with van der Waals surface area (Å²) in [5, 5.41) is 9.68. The van der Waals surface area contributed by atoms with Gasteiger partial charge in [-0.1, -0.05) is 11.1 Å². The van der Waals surface area contributed by atoms with Crippen molar-refractivity contribution in [3.05, 3.63) is 23.3 Å². The van der Waals surface area contributed by atoms with Crippen LogP contribution in [0, 0.1) is 0 Å². The van der Waals surface area contributed by atoms with Crippen molar-refractivity contribution in [2.45, 2.75) is 58.5 Å². The van der Waals surface area contributed by atoms with E-state index < -0.39 is 0 Å². The molecule has 0 fully saturated rings. The molecule has 0 aliphatic heterocycles. The van der Waals surface area contributed by atoms with Crippen molar-refractivity contribution in [3.63, 3.8) is 0 Å². The summed E-state index contributed by atoms with van der Waals surface area (Å²) in [5.41, 5.74) is 3.99. The van der Waals surface area contributed by atoms with Crippen molar-refractivity contribution in [2.75, 3.05) is 0 Å². The lowest BCUT2D eigenvalue weighted by Gasteiger charge is -2.22. The van der Waals surface area contributed by atoms with Gasteiger partial charge in [-0.15, -0.1) is 6.58 Å². The predicted octanol–water partition coefficient (Wildman–Crippen LogP) is 3.59. The van der Waals surface area contributed by atoms with Crippen LogP contribution < -0.4 is 0 Å². The van der Waals surface area contributed by atoms with Gasteiger partial charge in [0.2, 0.25) is 0 Å². The van der Waals surface area contributed by atoms with E-state index >= 15 is 0 Å². The van der Waals surface area contributed by atoms with Gasteiger partial charge in [-0.25, -0.2) is 0 Å². The Hall–Kier alpha value is -0.560. The molecule has 1 unspecified atom stereocenters. The molecule has 0 spiro atoms. The summed E-state index contributed by atoms with van der Waals surface area (Å²) in [6.07, 6.45) is 6.59. The number of allylic oxidation sites excluding steroid dienone is 2. The zero-order valence-corrected chi connectivity index (χ0v) is 9.47. The molecule has 0 heterocycles. The van der Waals surface area contributed by atoms with E-state index in [1.165, 1.54) is 29.6 Å². The number of hydrogen-bond acceptors (Lipinski definition) is 1. The fraction of sp³-hybridized carbons (Fsp3) is 0.692. The summed E-state index contributed by atoms with van der Waals surface area (Å²) in [7, 11) is 0. The van der Waals surface area contributed by atoms with Crippen LogP contribution in [0.15, 0.2) is 23.3 Å². The molecule has 0 amide bonds. The highest BCUT2D eigenvalue weighted by atomic mass is 16.3. The van der Waals surface area contributed by atoms with Crippen LogP contribution in [0.25, 0.3) is 0 Å². The van der Waals surface area contributed by atoms with Crippen LogP contribution in [-0.2, 0) is 0 Å². The fourth-order valence-corrected chi connectivity index (χ4v) is 2.08. The second-order valence-corrected chi connectivity index (χ2v) is 4.51. The molecule has 1 aliphatic carbocycles. The molecule has 0 saturated heterocycles. The average molecular weight is 194 g/mol. The highest BCUT2D eigenvalue weighted by Gasteiger charge is 2.16. The lowest BCUT2D eigenvalue weighted by molar-refractivity contribution is 0.188. The molecule has 1 aliphatic rings. The molecule has 0 aromatic carbocycles. The topological polar surface area (TPSA) is 20.2 Å². The first-order valence-electron chi connectivity index (χ1n) is 5.62. The van der Waals surface area contributed by atoms with Crippen LogP contribution in [0.2, 0.25) is 0 Å². The molecule has 0 bridgehead atoms. The van der Waals surface area contributed by atoms with Gasteiger partial charge < -0.3 is 5.11 Å². The molecular weight excluding hydrogens is 172 g/mol. The van der Waals surface area contributed by atoms with Crippen LogP contribution in [0.3, 0.4) is 0 Å². The van der Waals surface area contributed by atoms with Crippen molar-refractivity contribution >= 4 is 0 Å². The summed E-state index contributed by atoms with van der Waals surface area (Å²) >= 11 is 0. The van der Waals surface area contributed by atoms with E-state index in [0.717, 1.165) is 25.7 Å². The number of hydrogen-bond donors (Lipinski definition) is 1. The van der Waals surface area contributed by atoms with Gasteiger partial charge in [0.05, 0.1) is 6.10 Å². The van der Waals surface area contributed by atoms with E-state index in [1.807, 2.05) is 0 Å². The Balaban J connectivity index is 2.42. The Morgan fingerprint density at radius 1 is 1.57 bits per heavy atom. The summed E-state index contributed by atoms with van der Waals surface area (Å²) in [6.45, 7) is 8.07. The molecule has 14 heavy (non-hydrogen) atoms. The van der Waals surface area contributed by atoms with E-state index in [0.29, 0.717) is 0 Å². The average Bonchev–Trinajstić information content (AvgIpc) is 2.12. The van der Waals surface area contributed by atoms with Gasteiger partial charge in [-0.05, 0) is 57.9 Å². The molecule has 0 aromatic rings. The minimum absolute atomic E-state index is 0.163. The molecule has 1 nitrogen and oxygen atoms in total. The third-order valence-electron chi connectivity index (χ3n) is 3.10. The third-order valence-corrected chi connectivity index (χ3v) is 3.10. The quantitative estimate of drug-likeness (QED) is 0.678. The molecule has 0 radical (unpaired) electrons. The number of aliphatic hydroxyl groups is 1.